The molecule has 0 bridgehead atoms. The maximum absolute atomic E-state index is 14.4. The van der Waals surface area contributed by atoms with Gasteiger partial charge in [0.25, 0.3) is 11.8 Å². The lowest BCUT2D eigenvalue weighted by atomic mass is 9.86. The number of amides is 2. The molecule has 0 radical (unpaired) electrons. The Kier molecular flexibility index (Phi) is 6.94. The van der Waals surface area contributed by atoms with Crippen molar-refractivity contribution < 1.29 is 41.8 Å². The molecule has 0 unspecified atom stereocenters. The highest BCUT2D eigenvalue weighted by molar-refractivity contribution is 5.96. The highest BCUT2D eigenvalue weighted by atomic mass is 19.4. The van der Waals surface area contributed by atoms with Crippen LogP contribution in [0, 0.1) is 5.92 Å². The van der Waals surface area contributed by atoms with Gasteiger partial charge in [0.05, 0.1) is 37.2 Å². The van der Waals surface area contributed by atoms with Gasteiger partial charge in [-0.2, -0.15) is 18.3 Å². The summed E-state index contributed by atoms with van der Waals surface area (Å²) in [7, 11) is 0. The molecular weight excluding hydrogens is 533 g/mol. The smallest absolute Gasteiger partial charge is 0.420 e. The summed E-state index contributed by atoms with van der Waals surface area (Å²) in [5.41, 5.74) is -1.58. The van der Waals surface area contributed by atoms with Crippen LogP contribution in [-0.2, 0) is 33.4 Å². The third kappa shape index (κ3) is 5.14. The quantitative estimate of drug-likeness (QED) is 0.552. The Bertz CT molecular complexity index is 1290. The third-order valence-corrected chi connectivity index (χ3v) is 8.36. The monoisotopic (exact) mass is 566 g/mol. The van der Waals surface area contributed by atoms with E-state index < -0.39 is 35.1 Å². The van der Waals surface area contributed by atoms with Crippen LogP contribution in [0.15, 0.2) is 10.6 Å². The lowest BCUT2D eigenvalue weighted by molar-refractivity contribution is -0.144. The van der Waals surface area contributed by atoms with E-state index in [1.54, 1.807) is 15.8 Å². The average Bonchev–Trinajstić information content (AvgIpc) is 3.35. The van der Waals surface area contributed by atoms with Gasteiger partial charge in [-0.1, -0.05) is 6.92 Å². The predicted octanol–water partition coefficient (Wildman–Crippen LogP) is 2.73. The van der Waals surface area contributed by atoms with E-state index in [2.05, 4.69) is 10.4 Å². The number of nitrogens with one attached hydrogen (secondary N) is 1. The fourth-order valence-electron chi connectivity index (χ4n) is 5.93. The van der Waals surface area contributed by atoms with Gasteiger partial charge in [0.2, 0.25) is 5.76 Å². The van der Waals surface area contributed by atoms with E-state index in [-0.39, 0.29) is 54.3 Å². The zero-order chi connectivity index (χ0) is 28.2. The number of alkyl halides is 3. The third-order valence-electron chi connectivity index (χ3n) is 8.36. The van der Waals surface area contributed by atoms with Crippen molar-refractivity contribution in [1.29, 1.82) is 0 Å². The van der Waals surface area contributed by atoms with Gasteiger partial charge >= 0.3 is 6.18 Å². The zero-order valence-corrected chi connectivity index (χ0v) is 22.3. The fraction of sp³-hybridized carbons (Fsp3) is 0.667. The number of halogens is 3. The van der Waals surface area contributed by atoms with Crippen molar-refractivity contribution in [3.63, 3.8) is 0 Å². The lowest BCUT2D eigenvalue weighted by Crippen LogP contribution is -2.45. The number of ether oxygens (including phenoxy) is 2. The number of hydrogen-bond donors (Lipinski definition) is 2. The standard InChI is InChI=1S/C27H33F3N4O6/c1-15-10-19-20(21(27(28,29)30)23(40-19)24(35)31-11-17-14-38-8-9-39-17)22-18(15)13-34(32-22)12-16-2-6-33(7-3-16)25(36)26(37)4-5-26/h13,15-17,37H,2-12,14H2,1H3,(H,31,35)/t15-,17+/m0/s1. The van der Waals surface area contributed by atoms with Crippen LogP contribution in [0.25, 0.3) is 11.3 Å². The second kappa shape index (κ2) is 10.2. The van der Waals surface area contributed by atoms with Crippen molar-refractivity contribution in [3.8, 4) is 11.3 Å². The Hall–Kier alpha value is -2.90. The van der Waals surface area contributed by atoms with E-state index in [0.29, 0.717) is 64.1 Å². The summed E-state index contributed by atoms with van der Waals surface area (Å²) in [6, 6.07) is 0. The van der Waals surface area contributed by atoms with Crippen LogP contribution in [0.1, 0.15) is 66.0 Å². The summed E-state index contributed by atoms with van der Waals surface area (Å²) in [5.74, 6) is -1.79. The van der Waals surface area contributed by atoms with Crippen LogP contribution in [0.3, 0.4) is 0 Å². The van der Waals surface area contributed by atoms with E-state index in [1.807, 2.05) is 6.92 Å². The van der Waals surface area contributed by atoms with Gasteiger partial charge in [-0.15, -0.1) is 0 Å². The second-order valence-corrected chi connectivity index (χ2v) is 11.4. The van der Waals surface area contributed by atoms with Gasteiger partial charge in [0.1, 0.15) is 16.9 Å². The second-order valence-electron chi connectivity index (χ2n) is 11.4. The molecule has 13 heteroatoms. The van der Waals surface area contributed by atoms with Crippen molar-refractivity contribution in [2.45, 2.75) is 69.4 Å². The Morgan fingerprint density at radius 3 is 2.62 bits per heavy atom. The van der Waals surface area contributed by atoms with Crippen LogP contribution >= 0.6 is 0 Å². The zero-order valence-electron chi connectivity index (χ0n) is 22.3. The van der Waals surface area contributed by atoms with Gasteiger partial charge in [0.15, 0.2) is 0 Å². The van der Waals surface area contributed by atoms with Crippen LogP contribution in [0.4, 0.5) is 13.2 Å². The molecule has 2 N–H and O–H groups in total. The molecule has 0 aromatic carbocycles. The Balaban J connectivity index is 1.21. The number of aliphatic hydroxyl groups is 1. The van der Waals surface area contributed by atoms with E-state index >= 15 is 0 Å². The first-order valence-electron chi connectivity index (χ1n) is 13.8. The van der Waals surface area contributed by atoms with Gasteiger partial charge in [-0.25, -0.2) is 0 Å². The summed E-state index contributed by atoms with van der Waals surface area (Å²) in [4.78, 5) is 27.0. The average molecular weight is 567 g/mol. The number of likely N-dealkylation sites (tertiary alicyclic amines) is 1. The molecule has 4 aliphatic rings. The topological polar surface area (TPSA) is 119 Å². The first-order valence-corrected chi connectivity index (χ1v) is 13.8. The Morgan fingerprint density at radius 1 is 1.23 bits per heavy atom. The molecule has 2 aromatic heterocycles. The van der Waals surface area contributed by atoms with Gasteiger partial charge < -0.3 is 29.2 Å². The van der Waals surface area contributed by atoms with E-state index in [4.69, 9.17) is 13.9 Å². The largest absolute Gasteiger partial charge is 0.455 e. The van der Waals surface area contributed by atoms with Gasteiger partial charge in [0, 0.05) is 44.4 Å². The summed E-state index contributed by atoms with van der Waals surface area (Å²) in [5, 5.41) is 17.2. The molecule has 218 valence electrons. The van der Waals surface area contributed by atoms with Crippen molar-refractivity contribution in [1.82, 2.24) is 20.0 Å². The highest BCUT2D eigenvalue weighted by Crippen LogP contribution is 2.48. The molecule has 40 heavy (non-hydrogen) atoms. The van der Waals surface area contributed by atoms with E-state index in [1.165, 1.54) is 0 Å². The number of rotatable bonds is 6. The highest BCUT2D eigenvalue weighted by Gasteiger charge is 2.50. The number of nitrogens with zero attached hydrogens (tertiary/aromatic N) is 3. The molecule has 0 spiro atoms. The molecule has 2 aliphatic heterocycles. The minimum Gasteiger partial charge on any atom is -0.455 e. The molecule has 2 amide bonds. The van der Waals surface area contributed by atoms with Gasteiger partial charge in [-0.05, 0) is 37.5 Å². The van der Waals surface area contributed by atoms with Crippen LogP contribution < -0.4 is 5.32 Å². The summed E-state index contributed by atoms with van der Waals surface area (Å²) in [6.07, 6.45) is -0.825. The maximum Gasteiger partial charge on any atom is 0.420 e. The Labute approximate surface area is 228 Å². The molecule has 2 atom stereocenters. The molecule has 2 aliphatic carbocycles. The normalized spacial score (nSPS) is 24.4. The lowest BCUT2D eigenvalue weighted by Gasteiger charge is -2.33. The number of aromatic nitrogens is 2. The summed E-state index contributed by atoms with van der Waals surface area (Å²) >= 11 is 0. The summed E-state index contributed by atoms with van der Waals surface area (Å²) in [6.45, 7) is 4.50. The number of carbonyl (C=O) groups excluding carboxylic acids is 2. The predicted molar refractivity (Wildman–Crippen MR) is 133 cm³/mol. The van der Waals surface area contributed by atoms with E-state index in [0.717, 1.165) is 0 Å². The summed E-state index contributed by atoms with van der Waals surface area (Å²) < 4.78 is 61.3. The fourth-order valence-corrected chi connectivity index (χ4v) is 5.93. The van der Waals surface area contributed by atoms with Crippen LogP contribution in [0.2, 0.25) is 0 Å². The molecule has 3 fully saturated rings. The minimum atomic E-state index is -4.83. The Morgan fingerprint density at radius 2 is 1.98 bits per heavy atom. The first kappa shape index (κ1) is 27.3. The van der Waals surface area contributed by atoms with E-state index in [9.17, 15) is 27.9 Å². The number of piperidine rings is 1. The number of furan rings is 1. The molecule has 2 saturated heterocycles. The first-order chi connectivity index (χ1) is 19.0. The number of fused-ring (bicyclic) bond motifs is 3. The number of hydrogen-bond acceptors (Lipinski definition) is 7. The minimum absolute atomic E-state index is 0.00147. The maximum atomic E-state index is 14.4. The van der Waals surface area contributed by atoms with Gasteiger partial charge in [-0.3, -0.25) is 14.3 Å². The SMILES string of the molecule is C[C@H]1Cc2oc(C(=O)NC[C@@H]3COCCO3)c(C(F)(F)F)c2-c2nn(CC3CCN(C(=O)C4(O)CC4)CC3)cc21. The molecule has 1 saturated carbocycles. The number of carbonyl (C=O) groups is 2. The van der Waals surface area contributed by atoms with Crippen LogP contribution in [0.5, 0.6) is 0 Å². The van der Waals surface area contributed by atoms with Crippen molar-refractivity contribution in [3.05, 3.63) is 28.8 Å². The molecule has 10 nitrogen and oxygen atoms in total. The van der Waals surface area contributed by atoms with Crippen LogP contribution in [-0.4, -0.2) is 82.8 Å². The van der Waals surface area contributed by atoms with Crippen molar-refractivity contribution in [2.24, 2.45) is 5.92 Å². The molecule has 4 heterocycles. The molecular formula is C27H33F3N4O6. The van der Waals surface area contributed by atoms with Crippen molar-refractivity contribution >= 4 is 11.8 Å². The van der Waals surface area contributed by atoms with Crippen molar-refractivity contribution in [2.75, 3.05) is 39.5 Å². The molecule has 2 aromatic rings. The molecule has 6 rings (SSSR count).